The summed E-state index contributed by atoms with van der Waals surface area (Å²) in [4.78, 5) is 12.7. The van der Waals surface area contributed by atoms with E-state index >= 15 is 0 Å². The average molecular weight is 364 g/mol. The molecule has 0 saturated carbocycles. The van der Waals surface area contributed by atoms with Gasteiger partial charge in [-0.25, -0.2) is 9.07 Å². The fraction of sp³-hybridized carbons (Fsp3) is 0.150. The second-order valence-electron chi connectivity index (χ2n) is 5.82. The molecule has 0 fully saturated rings. The first-order valence-corrected chi connectivity index (χ1v) is 8.35. The lowest BCUT2D eigenvalue weighted by Crippen LogP contribution is -2.26. The predicted octanol–water partition coefficient (Wildman–Crippen LogP) is 3.18. The molecular formula is C20H17FN4O2. The van der Waals surface area contributed by atoms with Crippen LogP contribution in [-0.2, 0) is 13.2 Å². The molecule has 3 aromatic rings. The number of hydrogen-bond donors (Lipinski definition) is 2. The molecule has 0 radical (unpaired) electrons. The minimum Gasteiger partial charge on any atom is -0.392 e. The van der Waals surface area contributed by atoms with Crippen molar-refractivity contribution in [2.45, 2.75) is 20.1 Å². The SMILES string of the molecule is CCn1nc(-c2ccc(F)cc2)c(C#N)c(Nc2ccc(CO)cc2)c1=O. The van der Waals surface area contributed by atoms with Gasteiger partial charge < -0.3 is 10.4 Å². The van der Waals surface area contributed by atoms with Crippen LogP contribution in [-0.4, -0.2) is 14.9 Å². The van der Waals surface area contributed by atoms with Gasteiger partial charge in [0.25, 0.3) is 5.56 Å². The van der Waals surface area contributed by atoms with Gasteiger partial charge in [0.2, 0.25) is 0 Å². The van der Waals surface area contributed by atoms with Crippen molar-refractivity contribution >= 4 is 11.4 Å². The third-order valence-electron chi connectivity index (χ3n) is 4.09. The molecule has 0 atom stereocenters. The molecule has 2 N–H and O–H groups in total. The van der Waals surface area contributed by atoms with Crippen LogP contribution in [0.3, 0.4) is 0 Å². The molecular weight excluding hydrogens is 347 g/mol. The van der Waals surface area contributed by atoms with Crippen molar-refractivity contribution in [1.82, 2.24) is 9.78 Å². The number of nitriles is 1. The minimum atomic E-state index is -0.425. The van der Waals surface area contributed by atoms with Crippen LogP contribution in [0, 0.1) is 17.1 Å². The first-order valence-electron chi connectivity index (χ1n) is 8.35. The van der Waals surface area contributed by atoms with Crippen LogP contribution in [0.2, 0.25) is 0 Å². The number of nitrogens with one attached hydrogen (secondary N) is 1. The Bertz CT molecular complexity index is 1050. The maximum atomic E-state index is 13.3. The van der Waals surface area contributed by atoms with Crippen LogP contribution in [0.25, 0.3) is 11.3 Å². The van der Waals surface area contributed by atoms with Gasteiger partial charge in [-0.2, -0.15) is 10.4 Å². The summed E-state index contributed by atoms with van der Waals surface area (Å²) >= 11 is 0. The first kappa shape index (κ1) is 18.3. The summed E-state index contributed by atoms with van der Waals surface area (Å²) in [5.74, 6) is -0.400. The average Bonchev–Trinajstić information content (AvgIpc) is 2.70. The Morgan fingerprint density at radius 3 is 2.41 bits per heavy atom. The van der Waals surface area contributed by atoms with Crippen LogP contribution >= 0.6 is 0 Å². The van der Waals surface area contributed by atoms with Gasteiger partial charge in [0.15, 0.2) is 0 Å². The molecule has 3 rings (SSSR count). The summed E-state index contributed by atoms with van der Waals surface area (Å²) in [6, 6.07) is 14.5. The van der Waals surface area contributed by atoms with E-state index in [1.54, 1.807) is 31.2 Å². The Hall–Kier alpha value is -3.50. The molecule has 1 heterocycles. The Balaban J connectivity index is 2.16. The lowest BCUT2D eigenvalue weighted by atomic mass is 10.1. The molecule has 0 unspecified atom stereocenters. The number of halogens is 1. The van der Waals surface area contributed by atoms with E-state index in [4.69, 9.17) is 5.11 Å². The third-order valence-corrected chi connectivity index (χ3v) is 4.09. The predicted molar refractivity (Wildman–Crippen MR) is 99.9 cm³/mol. The fourth-order valence-electron chi connectivity index (χ4n) is 2.66. The molecule has 0 aliphatic carbocycles. The monoisotopic (exact) mass is 364 g/mol. The Kier molecular flexibility index (Phi) is 5.29. The quantitative estimate of drug-likeness (QED) is 0.726. The van der Waals surface area contributed by atoms with Crippen LogP contribution in [0.4, 0.5) is 15.8 Å². The Labute approximate surface area is 155 Å². The van der Waals surface area contributed by atoms with Gasteiger partial charge in [-0.3, -0.25) is 4.79 Å². The molecule has 0 saturated heterocycles. The van der Waals surface area contributed by atoms with Crippen molar-refractivity contribution in [3.63, 3.8) is 0 Å². The highest BCUT2D eigenvalue weighted by Gasteiger charge is 2.18. The summed E-state index contributed by atoms with van der Waals surface area (Å²) in [5.41, 5.74) is 1.93. The van der Waals surface area contributed by atoms with E-state index in [2.05, 4.69) is 10.4 Å². The highest BCUT2D eigenvalue weighted by Crippen LogP contribution is 2.26. The molecule has 2 aromatic carbocycles. The van der Waals surface area contributed by atoms with Crippen LogP contribution < -0.4 is 10.9 Å². The van der Waals surface area contributed by atoms with Gasteiger partial charge in [-0.05, 0) is 48.9 Å². The first-order chi connectivity index (χ1) is 13.1. The highest BCUT2D eigenvalue weighted by molar-refractivity contribution is 5.76. The van der Waals surface area contributed by atoms with Gasteiger partial charge >= 0.3 is 0 Å². The number of aromatic nitrogens is 2. The van der Waals surface area contributed by atoms with Crippen molar-refractivity contribution in [3.8, 4) is 17.3 Å². The molecule has 6 nitrogen and oxygen atoms in total. The number of aliphatic hydroxyl groups excluding tert-OH is 1. The van der Waals surface area contributed by atoms with E-state index in [1.807, 2.05) is 6.07 Å². The number of rotatable bonds is 5. The topological polar surface area (TPSA) is 90.9 Å². The summed E-state index contributed by atoms with van der Waals surface area (Å²) in [5, 5.41) is 26.1. The zero-order chi connectivity index (χ0) is 19.4. The summed E-state index contributed by atoms with van der Waals surface area (Å²) in [6.07, 6.45) is 0. The number of aliphatic hydroxyl groups is 1. The molecule has 0 aliphatic rings. The molecule has 0 bridgehead atoms. The maximum absolute atomic E-state index is 13.3. The Morgan fingerprint density at radius 1 is 1.19 bits per heavy atom. The Morgan fingerprint density at radius 2 is 1.85 bits per heavy atom. The molecule has 27 heavy (non-hydrogen) atoms. The van der Waals surface area contributed by atoms with Crippen molar-refractivity contribution in [3.05, 3.63) is 75.8 Å². The molecule has 0 amide bonds. The lowest BCUT2D eigenvalue weighted by Gasteiger charge is -2.14. The second-order valence-corrected chi connectivity index (χ2v) is 5.82. The fourth-order valence-corrected chi connectivity index (χ4v) is 2.66. The van der Waals surface area contributed by atoms with Crippen LogP contribution in [0.1, 0.15) is 18.1 Å². The number of aryl methyl sites for hydroxylation is 1. The van der Waals surface area contributed by atoms with Gasteiger partial charge in [0.1, 0.15) is 28.8 Å². The van der Waals surface area contributed by atoms with Crippen molar-refractivity contribution in [2.75, 3.05) is 5.32 Å². The summed E-state index contributed by atoms with van der Waals surface area (Å²) in [7, 11) is 0. The minimum absolute atomic E-state index is 0.0857. The van der Waals surface area contributed by atoms with Crippen LogP contribution in [0.15, 0.2) is 53.3 Å². The van der Waals surface area contributed by atoms with E-state index in [0.717, 1.165) is 5.56 Å². The van der Waals surface area contributed by atoms with E-state index < -0.39 is 11.4 Å². The van der Waals surface area contributed by atoms with E-state index in [1.165, 1.54) is 28.9 Å². The third kappa shape index (κ3) is 3.71. The van der Waals surface area contributed by atoms with Crippen molar-refractivity contribution in [1.29, 1.82) is 5.26 Å². The summed E-state index contributed by atoms with van der Waals surface area (Å²) < 4.78 is 14.5. The van der Waals surface area contributed by atoms with Crippen LogP contribution in [0.5, 0.6) is 0 Å². The number of nitrogens with zero attached hydrogens (tertiary/aromatic N) is 3. The largest absolute Gasteiger partial charge is 0.392 e. The molecule has 136 valence electrons. The second kappa shape index (κ2) is 7.81. The highest BCUT2D eigenvalue weighted by atomic mass is 19.1. The summed E-state index contributed by atoms with van der Waals surface area (Å²) in [6.45, 7) is 2.00. The van der Waals surface area contributed by atoms with Gasteiger partial charge in [0, 0.05) is 17.8 Å². The van der Waals surface area contributed by atoms with E-state index in [9.17, 15) is 14.4 Å². The molecule has 0 spiro atoms. The number of benzene rings is 2. The van der Waals surface area contributed by atoms with Crippen molar-refractivity contribution in [2.24, 2.45) is 0 Å². The van der Waals surface area contributed by atoms with Gasteiger partial charge in [-0.15, -0.1) is 0 Å². The number of anilines is 2. The van der Waals surface area contributed by atoms with Gasteiger partial charge in [0.05, 0.1) is 6.61 Å². The number of hydrogen-bond acceptors (Lipinski definition) is 5. The van der Waals surface area contributed by atoms with Gasteiger partial charge in [-0.1, -0.05) is 12.1 Å². The molecule has 7 heteroatoms. The normalized spacial score (nSPS) is 10.4. The molecule has 0 aliphatic heterocycles. The van der Waals surface area contributed by atoms with E-state index in [0.29, 0.717) is 23.5 Å². The standard InChI is InChI=1S/C20H17FN4O2/c1-2-25-20(27)19(23-16-9-3-13(12-26)4-10-16)17(11-22)18(24-25)14-5-7-15(21)8-6-14/h3-10,23,26H,2,12H2,1H3. The maximum Gasteiger partial charge on any atom is 0.291 e. The zero-order valence-electron chi connectivity index (χ0n) is 14.6. The van der Waals surface area contributed by atoms with Crippen molar-refractivity contribution < 1.29 is 9.50 Å². The zero-order valence-corrected chi connectivity index (χ0v) is 14.6. The smallest absolute Gasteiger partial charge is 0.291 e. The van der Waals surface area contributed by atoms with E-state index in [-0.39, 0.29) is 17.9 Å². The lowest BCUT2D eigenvalue weighted by molar-refractivity contribution is 0.282. The molecule has 1 aromatic heterocycles.